The first-order valence-corrected chi connectivity index (χ1v) is 7.22. The summed E-state index contributed by atoms with van der Waals surface area (Å²) in [4.78, 5) is 11.9. The van der Waals surface area contributed by atoms with Gasteiger partial charge in [-0.2, -0.15) is 13.2 Å². The van der Waals surface area contributed by atoms with Crippen LogP contribution in [0, 0.1) is 5.41 Å². The second-order valence-corrected chi connectivity index (χ2v) is 5.91. The zero-order valence-electron chi connectivity index (χ0n) is 12.4. The van der Waals surface area contributed by atoms with Crippen LogP contribution >= 0.6 is 0 Å². The summed E-state index contributed by atoms with van der Waals surface area (Å²) in [6.07, 6.45) is -2.65. The largest absolute Gasteiger partial charge is 0.418 e. The minimum absolute atomic E-state index is 0.0217. The topological polar surface area (TPSA) is 53.2 Å². The SMILES string of the molecule is CC1(CNC(=O)Nc2ccccc2C(F)(F)F)CCNCC1. The van der Waals surface area contributed by atoms with E-state index in [0.29, 0.717) is 6.54 Å². The van der Waals surface area contributed by atoms with Crippen LogP contribution in [0.25, 0.3) is 0 Å². The van der Waals surface area contributed by atoms with Crippen molar-refractivity contribution in [1.29, 1.82) is 0 Å². The fourth-order valence-corrected chi connectivity index (χ4v) is 2.51. The van der Waals surface area contributed by atoms with E-state index in [4.69, 9.17) is 0 Å². The Morgan fingerprint density at radius 3 is 2.55 bits per heavy atom. The van der Waals surface area contributed by atoms with E-state index in [9.17, 15) is 18.0 Å². The number of halogens is 3. The molecule has 0 aromatic heterocycles. The normalized spacial score (nSPS) is 17.8. The first-order valence-electron chi connectivity index (χ1n) is 7.22. The van der Waals surface area contributed by atoms with Crippen molar-refractivity contribution in [1.82, 2.24) is 10.6 Å². The van der Waals surface area contributed by atoms with Crippen molar-refractivity contribution in [2.24, 2.45) is 5.41 Å². The Labute approximate surface area is 127 Å². The first-order chi connectivity index (χ1) is 10.3. The third kappa shape index (κ3) is 4.37. The maximum Gasteiger partial charge on any atom is 0.418 e. The predicted molar refractivity (Wildman–Crippen MR) is 78.7 cm³/mol. The van der Waals surface area contributed by atoms with Crippen LogP contribution in [0.1, 0.15) is 25.3 Å². The zero-order valence-corrected chi connectivity index (χ0v) is 12.4. The lowest BCUT2D eigenvalue weighted by molar-refractivity contribution is -0.136. The molecule has 122 valence electrons. The number of piperidine rings is 1. The lowest BCUT2D eigenvalue weighted by atomic mass is 9.81. The van der Waals surface area contributed by atoms with Gasteiger partial charge in [-0.1, -0.05) is 19.1 Å². The van der Waals surface area contributed by atoms with Crippen LogP contribution in [0.4, 0.5) is 23.7 Å². The van der Waals surface area contributed by atoms with Crippen molar-refractivity contribution >= 4 is 11.7 Å². The monoisotopic (exact) mass is 315 g/mol. The number of benzene rings is 1. The Hall–Kier alpha value is -1.76. The molecule has 2 rings (SSSR count). The summed E-state index contributed by atoms with van der Waals surface area (Å²) in [5, 5.41) is 8.20. The molecule has 1 aromatic carbocycles. The second-order valence-electron chi connectivity index (χ2n) is 5.91. The number of hydrogen-bond acceptors (Lipinski definition) is 2. The van der Waals surface area contributed by atoms with Crippen LogP contribution < -0.4 is 16.0 Å². The molecule has 0 radical (unpaired) electrons. The number of carbonyl (C=O) groups excluding carboxylic acids is 1. The number of rotatable bonds is 3. The van der Waals surface area contributed by atoms with Gasteiger partial charge in [0.2, 0.25) is 0 Å². The third-order valence-electron chi connectivity index (χ3n) is 3.97. The minimum Gasteiger partial charge on any atom is -0.337 e. The van der Waals surface area contributed by atoms with Gasteiger partial charge in [-0.15, -0.1) is 0 Å². The lowest BCUT2D eigenvalue weighted by Gasteiger charge is -2.34. The summed E-state index contributed by atoms with van der Waals surface area (Å²) in [5.74, 6) is 0. The van der Waals surface area contributed by atoms with E-state index in [2.05, 4.69) is 22.9 Å². The number of amides is 2. The standard InChI is InChI=1S/C15H20F3N3O/c1-14(6-8-19-9-7-14)10-20-13(22)21-12-5-3-2-4-11(12)15(16,17)18/h2-5,19H,6-10H2,1H3,(H2,20,21,22). The molecule has 3 N–H and O–H groups in total. The highest BCUT2D eigenvalue weighted by molar-refractivity contribution is 5.90. The molecule has 22 heavy (non-hydrogen) atoms. The molecule has 0 aliphatic carbocycles. The fraction of sp³-hybridized carbons (Fsp3) is 0.533. The highest BCUT2D eigenvalue weighted by Crippen LogP contribution is 2.34. The smallest absolute Gasteiger partial charge is 0.337 e. The van der Waals surface area contributed by atoms with E-state index in [1.54, 1.807) is 0 Å². The van der Waals surface area contributed by atoms with Crippen LogP contribution in [0.3, 0.4) is 0 Å². The zero-order chi connectivity index (χ0) is 16.2. The van der Waals surface area contributed by atoms with Gasteiger partial charge in [-0.05, 0) is 43.5 Å². The molecule has 1 fully saturated rings. The number of carbonyl (C=O) groups is 1. The van der Waals surface area contributed by atoms with Crippen LogP contribution in [-0.4, -0.2) is 25.7 Å². The number of para-hydroxylation sites is 1. The summed E-state index contributed by atoms with van der Waals surface area (Å²) in [5.41, 5.74) is -1.10. The molecule has 1 heterocycles. The van der Waals surface area contributed by atoms with Crippen LogP contribution in [0.2, 0.25) is 0 Å². The van der Waals surface area contributed by atoms with Gasteiger partial charge in [0.05, 0.1) is 11.3 Å². The van der Waals surface area contributed by atoms with Gasteiger partial charge >= 0.3 is 12.2 Å². The molecule has 1 aromatic rings. The third-order valence-corrected chi connectivity index (χ3v) is 3.97. The summed E-state index contributed by atoms with van der Waals surface area (Å²) >= 11 is 0. The van der Waals surface area contributed by atoms with Gasteiger partial charge in [-0.3, -0.25) is 0 Å². The molecule has 1 aliphatic heterocycles. The molecule has 0 bridgehead atoms. The van der Waals surface area contributed by atoms with E-state index in [0.717, 1.165) is 32.0 Å². The van der Waals surface area contributed by atoms with Crippen molar-refractivity contribution in [3.8, 4) is 0 Å². The van der Waals surface area contributed by atoms with Gasteiger partial charge in [0, 0.05) is 6.54 Å². The molecule has 0 spiro atoms. The maximum absolute atomic E-state index is 12.9. The lowest BCUT2D eigenvalue weighted by Crippen LogP contribution is -2.44. The summed E-state index contributed by atoms with van der Waals surface area (Å²) in [6.45, 7) is 4.28. The van der Waals surface area contributed by atoms with Gasteiger partial charge in [0.15, 0.2) is 0 Å². The Balaban J connectivity index is 1.95. The quantitative estimate of drug-likeness (QED) is 0.802. The van der Waals surface area contributed by atoms with Gasteiger partial charge in [0.25, 0.3) is 0 Å². The highest BCUT2D eigenvalue weighted by Gasteiger charge is 2.33. The van der Waals surface area contributed by atoms with E-state index in [-0.39, 0.29) is 11.1 Å². The van der Waals surface area contributed by atoms with Gasteiger partial charge in [-0.25, -0.2) is 4.79 Å². The van der Waals surface area contributed by atoms with E-state index >= 15 is 0 Å². The van der Waals surface area contributed by atoms with Crippen molar-refractivity contribution < 1.29 is 18.0 Å². The average Bonchev–Trinajstić information content (AvgIpc) is 2.46. The number of nitrogens with one attached hydrogen (secondary N) is 3. The van der Waals surface area contributed by atoms with Crippen LogP contribution in [0.5, 0.6) is 0 Å². The predicted octanol–water partition coefficient (Wildman–Crippen LogP) is 3.22. The second kappa shape index (κ2) is 6.56. The Morgan fingerprint density at radius 2 is 1.91 bits per heavy atom. The number of anilines is 1. The number of urea groups is 1. The molecule has 7 heteroatoms. The molecular formula is C15H20F3N3O. The van der Waals surface area contributed by atoms with Gasteiger partial charge < -0.3 is 16.0 Å². The minimum atomic E-state index is -4.50. The van der Waals surface area contributed by atoms with Crippen molar-refractivity contribution in [3.05, 3.63) is 29.8 Å². The van der Waals surface area contributed by atoms with E-state index in [1.807, 2.05) is 0 Å². The molecule has 4 nitrogen and oxygen atoms in total. The van der Waals surface area contributed by atoms with Gasteiger partial charge in [0.1, 0.15) is 0 Å². The number of alkyl halides is 3. The average molecular weight is 315 g/mol. The Kier molecular flexibility index (Phi) is 4.95. The Bertz CT molecular complexity index is 525. The number of hydrogen-bond donors (Lipinski definition) is 3. The first kappa shape index (κ1) is 16.6. The van der Waals surface area contributed by atoms with Crippen LogP contribution in [0.15, 0.2) is 24.3 Å². The molecule has 1 saturated heterocycles. The Morgan fingerprint density at radius 1 is 1.27 bits per heavy atom. The molecular weight excluding hydrogens is 295 g/mol. The fourth-order valence-electron chi connectivity index (χ4n) is 2.51. The molecule has 2 amide bonds. The van der Waals surface area contributed by atoms with E-state index < -0.39 is 17.8 Å². The van der Waals surface area contributed by atoms with Crippen molar-refractivity contribution in [2.45, 2.75) is 25.9 Å². The summed E-state index contributed by atoms with van der Waals surface area (Å²) < 4.78 is 38.6. The summed E-state index contributed by atoms with van der Waals surface area (Å²) in [7, 11) is 0. The molecule has 1 aliphatic rings. The maximum atomic E-state index is 12.9. The van der Waals surface area contributed by atoms with Crippen molar-refractivity contribution in [3.63, 3.8) is 0 Å². The molecule has 0 saturated carbocycles. The summed E-state index contributed by atoms with van der Waals surface area (Å²) in [6, 6.07) is 4.33. The molecule has 0 unspecified atom stereocenters. The highest BCUT2D eigenvalue weighted by atomic mass is 19.4. The van der Waals surface area contributed by atoms with Crippen LogP contribution in [-0.2, 0) is 6.18 Å². The molecule has 0 atom stereocenters. The van der Waals surface area contributed by atoms with E-state index in [1.165, 1.54) is 18.2 Å². The van der Waals surface area contributed by atoms with Crippen molar-refractivity contribution in [2.75, 3.05) is 25.0 Å².